The molecule has 0 amide bonds. The number of nitrogens with zero attached hydrogens (tertiary/aromatic N) is 1. The van der Waals surface area contributed by atoms with Gasteiger partial charge in [-0.05, 0) is 44.9 Å². The summed E-state index contributed by atoms with van der Waals surface area (Å²) in [5.41, 5.74) is 0.281. The standard InChI is InChI=1S/C14H30N2O/c1-5-15-10-13-6-8-16(9-7-13)11-14(2,3)12-17-4/h13,15H,5-12H2,1-4H3. The summed E-state index contributed by atoms with van der Waals surface area (Å²) in [4.78, 5) is 2.60. The van der Waals surface area contributed by atoms with E-state index < -0.39 is 0 Å². The number of nitrogens with one attached hydrogen (secondary N) is 1. The molecule has 17 heavy (non-hydrogen) atoms. The fraction of sp³-hybridized carbons (Fsp3) is 1.00. The van der Waals surface area contributed by atoms with Crippen LogP contribution in [0.1, 0.15) is 33.6 Å². The van der Waals surface area contributed by atoms with Crippen LogP contribution in [0.15, 0.2) is 0 Å². The number of rotatable bonds is 7. The van der Waals surface area contributed by atoms with Crippen molar-refractivity contribution < 1.29 is 4.74 Å². The molecular formula is C14H30N2O. The summed E-state index contributed by atoms with van der Waals surface area (Å²) >= 11 is 0. The van der Waals surface area contributed by atoms with Gasteiger partial charge in [0.25, 0.3) is 0 Å². The summed E-state index contributed by atoms with van der Waals surface area (Å²) in [6, 6.07) is 0. The van der Waals surface area contributed by atoms with Crippen LogP contribution in [0.3, 0.4) is 0 Å². The fourth-order valence-corrected chi connectivity index (χ4v) is 2.74. The zero-order chi connectivity index (χ0) is 12.7. The molecule has 0 aromatic rings. The first kappa shape index (κ1) is 14.9. The summed E-state index contributed by atoms with van der Waals surface area (Å²) < 4.78 is 5.29. The Bertz CT molecular complexity index is 198. The van der Waals surface area contributed by atoms with Crippen molar-refractivity contribution in [3.05, 3.63) is 0 Å². The summed E-state index contributed by atoms with van der Waals surface area (Å²) in [7, 11) is 1.80. The topological polar surface area (TPSA) is 24.5 Å². The van der Waals surface area contributed by atoms with E-state index in [1.807, 2.05) is 0 Å². The highest BCUT2D eigenvalue weighted by Crippen LogP contribution is 2.22. The second-order valence-corrected chi connectivity index (χ2v) is 6.12. The number of likely N-dealkylation sites (tertiary alicyclic amines) is 1. The van der Waals surface area contributed by atoms with Gasteiger partial charge in [-0.25, -0.2) is 0 Å². The minimum absolute atomic E-state index is 0.281. The predicted molar refractivity (Wildman–Crippen MR) is 73.4 cm³/mol. The van der Waals surface area contributed by atoms with E-state index in [1.165, 1.54) is 32.5 Å². The molecule has 1 heterocycles. The first-order valence-corrected chi connectivity index (χ1v) is 6.99. The van der Waals surface area contributed by atoms with Gasteiger partial charge >= 0.3 is 0 Å². The molecule has 0 spiro atoms. The lowest BCUT2D eigenvalue weighted by Gasteiger charge is -2.37. The van der Waals surface area contributed by atoms with E-state index in [0.717, 1.165) is 25.6 Å². The van der Waals surface area contributed by atoms with Crippen LogP contribution >= 0.6 is 0 Å². The smallest absolute Gasteiger partial charge is 0.0525 e. The molecule has 1 N–H and O–H groups in total. The third-order valence-electron chi connectivity index (χ3n) is 3.58. The van der Waals surface area contributed by atoms with Gasteiger partial charge in [0, 0.05) is 19.1 Å². The fourth-order valence-electron chi connectivity index (χ4n) is 2.74. The van der Waals surface area contributed by atoms with Crippen molar-refractivity contribution in [2.45, 2.75) is 33.6 Å². The molecule has 1 fully saturated rings. The highest BCUT2D eigenvalue weighted by Gasteiger charge is 2.25. The number of piperidine rings is 1. The zero-order valence-electron chi connectivity index (χ0n) is 12.1. The van der Waals surface area contributed by atoms with Gasteiger partial charge in [0.15, 0.2) is 0 Å². The zero-order valence-corrected chi connectivity index (χ0v) is 12.1. The maximum atomic E-state index is 5.29. The molecule has 1 aliphatic rings. The molecule has 0 aromatic heterocycles. The summed E-state index contributed by atoms with van der Waals surface area (Å²) in [5.74, 6) is 0.886. The molecule has 1 saturated heterocycles. The number of methoxy groups -OCH3 is 1. The molecule has 0 bridgehead atoms. The van der Waals surface area contributed by atoms with Crippen molar-refractivity contribution in [1.82, 2.24) is 10.2 Å². The van der Waals surface area contributed by atoms with Crippen LogP contribution in [0.4, 0.5) is 0 Å². The molecule has 0 aromatic carbocycles. The third kappa shape index (κ3) is 5.84. The van der Waals surface area contributed by atoms with E-state index in [-0.39, 0.29) is 5.41 Å². The highest BCUT2D eigenvalue weighted by molar-refractivity contribution is 4.79. The first-order valence-electron chi connectivity index (χ1n) is 6.99. The largest absolute Gasteiger partial charge is 0.384 e. The van der Waals surface area contributed by atoms with Crippen molar-refractivity contribution in [2.24, 2.45) is 11.3 Å². The van der Waals surface area contributed by atoms with Crippen LogP contribution in [0, 0.1) is 11.3 Å². The van der Waals surface area contributed by atoms with E-state index in [9.17, 15) is 0 Å². The van der Waals surface area contributed by atoms with Crippen LogP contribution in [0.2, 0.25) is 0 Å². The van der Waals surface area contributed by atoms with Crippen molar-refractivity contribution in [3.63, 3.8) is 0 Å². The molecule has 0 unspecified atom stereocenters. The second-order valence-electron chi connectivity index (χ2n) is 6.12. The Balaban J connectivity index is 2.22. The molecule has 102 valence electrons. The van der Waals surface area contributed by atoms with Gasteiger partial charge in [0.05, 0.1) is 6.61 Å². The second kappa shape index (κ2) is 7.34. The van der Waals surface area contributed by atoms with E-state index in [2.05, 4.69) is 31.0 Å². The summed E-state index contributed by atoms with van der Waals surface area (Å²) in [5, 5.41) is 3.46. The van der Waals surface area contributed by atoms with Crippen LogP contribution in [-0.4, -0.2) is 51.3 Å². The molecule has 0 atom stereocenters. The van der Waals surface area contributed by atoms with E-state index in [4.69, 9.17) is 4.74 Å². The minimum Gasteiger partial charge on any atom is -0.384 e. The van der Waals surface area contributed by atoms with E-state index >= 15 is 0 Å². The Labute approximate surface area is 107 Å². The quantitative estimate of drug-likeness (QED) is 0.739. The van der Waals surface area contributed by atoms with Crippen molar-refractivity contribution in [3.8, 4) is 0 Å². The van der Waals surface area contributed by atoms with Crippen molar-refractivity contribution in [1.29, 1.82) is 0 Å². The maximum absolute atomic E-state index is 5.29. The Hall–Kier alpha value is -0.120. The van der Waals surface area contributed by atoms with Gasteiger partial charge in [-0.2, -0.15) is 0 Å². The van der Waals surface area contributed by atoms with Gasteiger partial charge in [-0.3, -0.25) is 0 Å². The normalized spacial score (nSPS) is 19.8. The highest BCUT2D eigenvalue weighted by atomic mass is 16.5. The minimum atomic E-state index is 0.281. The Morgan fingerprint density at radius 1 is 1.29 bits per heavy atom. The molecule has 0 radical (unpaired) electrons. The van der Waals surface area contributed by atoms with Gasteiger partial charge in [-0.1, -0.05) is 20.8 Å². The van der Waals surface area contributed by atoms with Crippen LogP contribution in [0.25, 0.3) is 0 Å². The Kier molecular flexibility index (Phi) is 6.45. The van der Waals surface area contributed by atoms with Gasteiger partial charge in [0.2, 0.25) is 0 Å². The Morgan fingerprint density at radius 2 is 1.94 bits per heavy atom. The monoisotopic (exact) mass is 242 g/mol. The Morgan fingerprint density at radius 3 is 2.47 bits per heavy atom. The molecule has 0 saturated carbocycles. The first-order chi connectivity index (χ1) is 8.07. The van der Waals surface area contributed by atoms with Crippen LogP contribution in [0.5, 0.6) is 0 Å². The van der Waals surface area contributed by atoms with Crippen LogP contribution < -0.4 is 5.32 Å². The van der Waals surface area contributed by atoms with Gasteiger partial charge in [0.1, 0.15) is 0 Å². The predicted octanol–water partition coefficient (Wildman–Crippen LogP) is 1.98. The van der Waals surface area contributed by atoms with E-state index in [1.54, 1.807) is 7.11 Å². The van der Waals surface area contributed by atoms with Gasteiger partial charge < -0.3 is 15.0 Å². The summed E-state index contributed by atoms with van der Waals surface area (Å²) in [6.45, 7) is 13.6. The van der Waals surface area contributed by atoms with Gasteiger partial charge in [-0.15, -0.1) is 0 Å². The van der Waals surface area contributed by atoms with Crippen LogP contribution in [-0.2, 0) is 4.74 Å². The number of hydrogen-bond acceptors (Lipinski definition) is 3. The molecule has 1 rings (SSSR count). The van der Waals surface area contributed by atoms with Crippen molar-refractivity contribution >= 4 is 0 Å². The summed E-state index contributed by atoms with van der Waals surface area (Å²) in [6.07, 6.45) is 2.69. The molecule has 1 aliphatic heterocycles. The number of ether oxygens (including phenoxy) is 1. The SMILES string of the molecule is CCNCC1CCN(CC(C)(C)COC)CC1. The lowest BCUT2D eigenvalue weighted by molar-refractivity contribution is 0.0567. The molecular weight excluding hydrogens is 212 g/mol. The average Bonchev–Trinajstić information content (AvgIpc) is 2.27. The molecule has 0 aliphatic carbocycles. The molecule has 3 nitrogen and oxygen atoms in total. The third-order valence-corrected chi connectivity index (χ3v) is 3.58. The lowest BCUT2D eigenvalue weighted by atomic mass is 9.91. The lowest BCUT2D eigenvalue weighted by Crippen LogP contribution is -2.43. The number of hydrogen-bond donors (Lipinski definition) is 1. The average molecular weight is 242 g/mol. The maximum Gasteiger partial charge on any atom is 0.0525 e. The van der Waals surface area contributed by atoms with E-state index in [0.29, 0.717) is 0 Å². The molecule has 3 heteroatoms. The van der Waals surface area contributed by atoms with Crippen molar-refractivity contribution in [2.75, 3.05) is 46.4 Å².